The number of unbranched alkanes of at least 4 members (excludes halogenated alkanes) is 25. The smallest absolute Gasteiger partial charge is 0.457 e. The Hall–Kier alpha value is -1.28. The summed E-state index contributed by atoms with van der Waals surface area (Å²) in [5, 5.41) is 0. The number of allylic oxidation sites excluding steroid dienone is 6. The predicted molar refractivity (Wildman–Crippen MR) is 247 cm³/mol. The van der Waals surface area contributed by atoms with E-state index >= 15 is 0 Å². The second kappa shape index (κ2) is 42.4. The summed E-state index contributed by atoms with van der Waals surface area (Å²) in [6.45, 7) is 5.53. The Labute approximate surface area is 359 Å². The van der Waals surface area contributed by atoms with Gasteiger partial charge in [-0.15, -0.1) is 0 Å². The molecule has 2 atom stereocenters. The van der Waals surface area contributed by atoms with Crippen molar-refractivity contribution < 1.29 is 37.3 Å². The quantitative estimate of drug-likeness (QED) is 0.0215. The van der Waals surface area contributed by atoms with Gasteiger partial charge in [-0.3, -0.25) is 13.8 Å². The second-order valence-corrected chi connectivity index (χ2v) is 18.9. The molecule has 0 bridgehead atoms. The molecule has 0 saturated heterocycles. The fraction of sp³-hybridized carbons (Fsp3) is 0.857. The Morgan fingerprint density at radius 2 is 1.00 bits per heavy atom. The number of rotatable bonds is 45. The van der Waals surface area contributed by atoms with E-state index < -0.39 is 13.9 Å². The van der Waals surface area contributed by atoms with E-state index in [0.29, 0.717) is 24.1 Å². The summed E-state index contributed by atoms with van der Waals surface area (Å²) in [5.74, 6) is -0.313. The number of carbonyl (C=O) groups is 1. The normalized spacial score (nSPS) is 14.0. The number of phosphoric acid groups is 1. The van der Waals surface area contributed by atoms with Gasteiger partial charge in [0.2, 0.25) is 0 Å². The SMILES string of the molecule is CC/C=C\C/C=C\C/C=C\CCCCCCCCCCOCC(COP(=O)(O)OCC[N+](C)(C)C)OC(=O)CCCCCCCCCCCCCCCCCCCC. The zero-order valence-electron chi connectivity index (χ0n) is 38.8. The third-order valence-electron chi connectivity index (χ3n) is 10.5. The first kappa shape index (κ1) is 56.7. The zero-order chi connectivity index (χ0) is 42.7. The standard InChI is InChI=1S/C49H94NO7P/c1-6-8-10-12-14-16-18-20-22-24-26-28-30-32-34-36-38-40-42-49(51)57-48(47-56-58(52,53)55-45-43-50(3,4)5)46-54-44-41-39-37-35-33-31-29-27-25-23-21-19-17-15-13-11-9-7-2/h9,11,15,17,21,23,48H,6-8,10,12-14,16,18-20,22,24-47H2,1-5H3/p+1/b11-9-,17-15-,23-21-. The van der Waals surface area contributed by atoms with Gasteiger partial charge >= 0.3 is 13.8 Å². The maximum absolute atomic E-state index is 12.7. The molecule has 0 spiro atoms. The monoisotopic (exact) mass is 841 g/mol. The van der Waals surface area contributed by atoms with Crippen molar-refractivity contribution in [1.82, 2.24) is 0 Å². The maximum Gasteiger partial charge on any atom is 0.472 e. The van der Waals surface area contributed by atoms with Crippen molar-refractivity contribution in [3.63, 3.8) is 0 Å². The topological polar surface area (TPSA) is 91.3 Å². The van der Waals surface area contributed by atoms with Gasteiger partial charge in [-0.2, -0.15) is 0 Å². The summed E-state index contributed by atoms with van der Waals surface area (Å²) in [7, 11) is 1.67. The minimum atomic E-state index is -4.28. The number of hydrogen-bond acceptors (Lipinski definition) is 6. The molecule has 0 aliphatic heterocycles. The van der Waals surface area contributed by atoms with Crippen molar-refractivity contribution in [2.45, 2.75) is 219 Å². The third kappa shape index (κ3) is 45.8. The lowest BCUT2D eigenvalue weighted by Gasteiger charge is -2.24. The van der Waals surface area contributed by atoms with Gasteiger partial charge in [-0.05, 0) is 44.9 Å². The van der Waals surface area contributed by atoms with Crippen molar-refractivity contribution in [2.75, 3.05) is 54.1 Å². The van der Waals surface area contributed by atoms with Crippen molar-refractivity contribution in [1.29, 1.82) is 0 Å². The number of hydrogen-bond donors (Lipinski definition) is 1. The van der Waals surface area contributed by atoms with Crippen molar-refractivity contribution >= 4 is 13.8 Å². The first-order valence-electron chi connectivity index (χ1n) is 24.2. The largest absolute Gasteiger partial charge is 0.472 e. The minimum absolute atomic E-state index is 0.0880. The molecular weight excluding hydrogens is 746 g/mol. The molecule has 0 fully saturated rings. The van der Waals surface area contributed by atoms with Gasteiger partial charge in [0, 0.05) is 13.0 Å². The van der Waals surface area contributed by atoms with E-state index in [2.05, 4.69) is 50.3 Å². The predicted octanol–water partition coefficient (Wildman–Crippen LogP) is 14.6. The fourth-order valence-corrected chi connectivity index (χ4v) is 7.49. The van der Waals surface area contributed by atoms with E-state index in [1.807, 2.05) is 21.1 Å². The summed E-state index contributed by atoms with van der Waals surface area (Å²) >= 11 is 0. The maximum atomic E-state index is 12.7. The van der Waals surface area contributed by atoms with Crippen LogP contribution in [0, 0.1) is 0 Å². The zero-order valence-corrected chi connectivity index (χ0v) is 39.7. The highest BCUT2D eigenvalue weighted by molar-refractivity contribution is 7.47. The molecule has 2 unspecified atom stereocenters. The molecular formula is C49H95NO7P+. The molecule has 0 heterocycles. The highest BCUT2D eigenvalue weighted by Crippen LogP contribution is 2.43. The molecule has 8 nitrogen and oxygen atoms in total. The molecule has 0 aromatic heterocycles. The fourth-order valence-electron chi connectivity index (χ4n) is 6.74. The van der Waals surface area contributed by atoms with Gasteiger partial charge in [-0.25, -0.2) is 4.57 Å². The molecule has 0 radical (unpaired) electrons. The Bertz CT molecular complexity index is 1020. The number of phosphoric ester groups is 1. The van der Waals surface area contributed by atoms with Crippen LogP contribution >= 0.6 is 7.82 Å². The van der Waals surface area contributed by atoms with Crippen LogP contribution in [-0.4, -0.2) is 75.6 Å². The van der Waals surface area contributed by atoms with Crippen LogP contribution in [0.5, 0.6) is 0 Å². The van der Waals surface area contributed by atoms with Crippen LogP contribution in [-0.2, 0) is 27.9 Å². The van der Waals surface area contributed by atoms with Gasteiger partial charge in [0.05, 0.1) is 34.4 Å². The van der Waals surface area contributed by atoms with Crippen LogP contribution in [0.1, 0.15) is 213 Å². The summed E-state index contributed by atoms with van der Waals surface area (Å²) in [4.78, 5) is 23.0. The second-order valence-electron chi connectivity index (χ2n) is 17.5. The number of likely N-dealkylation sites (N-methyl/N-ethyl adjacent to an activating group) is 1. The Morgan fingerprint density at radius 1 is 0.552 bits per heavy atom. The van der Waals surface area contributed by atoms with E-state index in [4.69, 9.17) is 18.5 Å². The molecule has 0 aromatic carbocycles. The minimum Gasteiger partial charge on any atom is -0.457 e. The number of esters is 1. The van der Waals surface area contributed by atoms with Gasteiger partial charge in [0.15, 0.2) is 0 Å². The summed E-state index contributed by atoms with van der Waals surface area (Å²) in [6, 6.07) is 0. The van der Waals surface area contributed by atoms with Crippen molar-refractivity contribution in [3.8, 4) is 0 Å². The molecule has 0 aliphatic carbocycles. The van der Waals surface area contributed by atoms with Crippen LogP contribution in [0.3, 0.4) is 0 Å². The molecule has 0 aromatic rings. The molecule has 0 rings (SSSR count). The van der Waals surface area contributed by atoms with Crippen LogP contribution in [0.4, 0.5) is 0 Å². The third-order valence-corrected chi connectivity index (χ3v) is 11.5. The average molecular weight is 841 g/mol. The van der Waals surface area contributed by atoms with Crippen molar-refractivity contribution in [2.24, 2.45) is 0 Å². The lowest BCUT2D eigenvalue weighted by Crippen LogP contribution is -2.37. The number of quaternary nitrogens is 1. The van der Waals surface area contributed by atoms with Gasteiger partial charge in [0.1, 0.15) is 19.3 Å². The molecule has 0 aliphatic rings. The van der Waals surface area contributed by atoms with Gasteiger partial charge in [0.25, 0.3) is 0 Å². The van der Waals surface area contributed by atoms with E-state index in [0.717, 1.165) is 51.4 Å². The summed E-state index contributed by atoms with van der Waals surface area (Å²) < 4.78 is 35.1. The first-order valence-corrected chi connectivity index (χ1v) is 25.7. The van der Waals surface area contributed by atoms with Gasteiger partial charge in [-0.1, -0.05) is 198 Å². The van der Waals surface area contributed by atoms with E-state index in [1.54, 1.807) is 0 Å². The van der Waals surface area contributed by atoms with E-state index in [9.17, 15) is 14.3 Å². The van der Waals surface area contributed by atoms with E-state index in [-0.39, 0.29) is 25.8 Å². The Balaban J connectivity index is 4.16. The average Bonchev–Trinajstić information content (AvgIpc) is 3.18. The molecule has 1 N–H and O–H groups in total. The van der Waals surface area contributed by atoms with Gasteiger partial charge < -0.3 is 18.9 Å². The molecule has 0 amide bonds. The Morgan fingerprint density at radius 3 is 1.50 bits per heavy atom. The Kier molecular flexibility index (Phi) is 41.5. The van der Waals surface area contributed by atoms with E-state index in [1.165, 1.54) is 141 Å². The van der Waals surface area contributed by atoms with Crippen LogP contribution in [0.15, 0.2) is 36.5 Å². The number of carbonyl (C=O) groups excluding carboxylic acids is 1. The summed E-state index contributed by atoms with van der Waals surface area (Å²) in [5.41, 5.74) is 0. The number of nitrogens with zero attached hydrogens (tertiary/aromatic N) is 1. The lowest BCUT2D eigenvalue weighted by molar-refractivity contribution is -0.870. The molecule has 342 valence electrons. The highest BCUT2D eigenvalue weighted by Gasteiger charge is 2.26. The molecule has 58 heavy (non-hydrogen) atoms. The lowest BCUT2D eigenvalue weighted by atomic mass is 10.0. The highest BCUT2D eigenvalue weighted by atomic mass is 31.2. The first-order chi connectivity index (χ1) is 28.1. The van der Waals surface area contributed by atoms with Crippen LogP contribution < -0.4 is 0 Å². The number of ether oxygens (including phenoxy) is 2. The van der Waals surface area contributed by atoms with Crippen LogP contribution in [0.2, 0.25) is 0 Å². The molecule has 9 heteroatoms. The molecule has 0 saturated carbocycles. The van der Waals surface area contributed by atoms with Crippen molar-refractivity contribution in [3.05, 3.63) is 36.5 Å². The van der Waals surface area contributed by atoms with Crippen LogP contribution in [0.25, 0.3) is 0 Å². The summed E-state index contributed by atoms with van der Waals surface area (Å²) in [6.07, 6.45) is 50.4.